The van der Waals surface area contributed by atoms with Gasteiger partial charge in [-0.3, -0.25) is 24.0 Å². The van der Waals surface area contributed by atoms with E-state index in [-0.39, 0.29) is 38.1 Å². The zero-order chi connectivity index (χ0) is 33.4. The Labute approximate surface area is 264 Å². The van der Waals surface area contributed by atoms with Gasteiger partial charge >= 0.3 is 12.1 Å². The predicted molar refractivity (Wildman–Crippen MR) is 164 cm³/mol. The molecule has 10 nitrogen and oxygen atoms in total. The molecule has 0 bridgehead atoms. The number of carbonyl (C=O) groups is 6. The van der Waals surface area contributed by atoms with Crippen LogP contribution in [0.4, 0.5) is 9.18 Å². The van der Waals surface area contributed by atoms with Gasteiger partial charge in [-0.15, -0.1) is 0 Å². The SMILES string of the molecule is CCCC(CC(=O)[C@@H]1[C@H]2CC[C@H](F)[C@H]2CN1C(=O)[C@@H](NC(=O)OC(C)C)C(C)C)C(=O)C(=O)C[C@H](Cc1ccccc1)C(=O)O. The van der Waals surface area contributed by atoms with Crippen LogP contribution in [0, 0.1) is 29.6 Å². The highest BCUT2D eigenvalue weighted by molar-refractivity contribution is 6.38. The molecule has 1 unspecified atom stereocenters. The summed E-state index contributed by atoms with van der Waals surface area (Å²) in [6, 6.07) is 6.80. The lowest BCUT2D eigenvalue weighted by Gasteiger charge is -2.32. The molecule has 3 rings (SSSR count). The zero-order valence-electron chi connectivity index (χ0n) is 26.9. The van der Waals surface area contributed by atoms with Crippen molar-refractivity contribution in [2.75, 3.05) is 6.54 Å². The molecular formula is C34H47FN2O8. The molecule has 0 aromatic heterocycles. The predicted octanol–water partition coefficient (Wildman–Crippen LogP) is 4.57. The maximum atomic E-state index is 14.9. The molecular weight excluding hydrogens is 583 g/mol. The minimum absolute atomic E-state index is 0.0102. The first kappa shape index (κ1) is 35.8. The highest BCUT2D eigenvalue weighted by atomic mass is 19.1. The van der Waals surface area contributed by atoms with E-state index < -0.39 is 89.8 Å². The van der Waals surface area contributed by atoms with Crippen LogP contribution in [0.5, 0.6) is 0 Å². The number of Topliss-reactive ketones (excluding diaryl/α,β-unsaturated/α-hetero) is 3. The number of alkyl carbamates (subject to hydrolysis) is 1. The van der Waals surface area contributed by atoms with Crippen molar-refractivity contribution in [2.24, 2.45) is 29.6 Å². The van der Waals surface area contributed by atoms with Crippen LogP contribution < -0.4 is 5.32 Å². The quantitative estimate of drug-likeness (QED) is 0.253. The maximum Gasteiger partial charge on any atom is 0.408 e. The van der Waals surface area contributed by atoms with E-state index in [0.29, 0.717) is 12.8 Å². The first-order chi connectivity index (χ1) is 21.2. The highest BCUT2D eigenvalue weighted by Crippen LogP contribution is 2.45. The summed E-state index contributed by atoms with van der Waals surface area (Å²) >= 11 is 0. The summed E-state index contributed by atoms with van der Waals surface area (Å²) in [5, 5.41) is 12.3. The van der Waals surface area contributed by atoms with Gasteiger partial charge in [0.05, 0.1) is 18.1 Å². The van der Waals surface area contributed by atoms with Crippen molar-refractivity contribution < 1.29 is 43.0 Å². The third-order valence-corrected chi connectivity index (χ3v) is 8.94. The summed E-state index contributed by atoms with van der Waals surface area (Å²) in [6.45, 7) is 8.66. The normalized spacial score (nSPS) is 22.9. The van der Waals surface area contributed by atoms with E-state index in [1.807, 2.05) is 6.92 Å². The van der Waals surface area contributed by atoms with Crippen LogP contribution in [-0.2, 0) is 35.1 Å². The number of ether oxygens (including phenoxy) is 1. The standard InChI is InChI=1S/C34H47FN2O8/c1-6-10-22(31(40)28(39)17-23(33(42)43)15-21-11-8-7-9-12-21)16-27(38)30-24-13-14-26(35)25(24)18-37(30)32(41)29(19(2)3)36-34(44)45-20(4)5/h7-9,11-12,19-20,22-26,29-30H,6,10,13-18H2,1-5H3,(H,36,44)(H,42,43)/t22?,23-,24-,25-,26-,29-,30-/m0/s1. The fourth-order valence-corrected chi connectivity index (χ4v) is 6.70. The largest absolute Gasteiger partial charge is 0.481 e. The fraction of sp³-hybridized carbons (Fsp3) is 0.647. The summed E-state index contributed by atoms with van der Waals surface area (Å²) in [5.41, 5.74) is 0.723. The third-order valence-electron chi connectivity index (χ3n) is 8.94. The number of carboxylic acids is 1. The molecule has 1 saturated carbocycles. The fourth-order valence-electron chi connectivity index (χ4n) is 6.70. The molecule has 1 aromatic rings. The summed E-state index contributed by atoms with van der Waals surface area (Å²) in [4.78, 5) is 80.0. The van der Waals surface area contributed by atoms with E-state index >= 15 is 0 Å². The van der Waals surface area contributed by atoms with Gasteiger partial charge in [0.1, 0.15) is 12.2 Å². The van der Waals surface area contributed by atoms with Crippen molar-refractivity contribution in [3.63, 3.8) is 0 Å². The summed E-state index contributed by atoms with van der Waals surface area (Å²) in [5.74, 6) is -7.24. The van der Waals surface area contributed by atoms with E-state index in [2.05, 4.69) is 5.32 Å². The average Bonchev–Trinajstić information content (AvgIpc) is 3.53. The number of ketones is 3. The number of halogens is 1. The van der Waals surface area contributed by atoms with Crippen molar-refractivity contribution in [1.82, 2.24) is 10.2 Å². The Bertz CT molecular complexity index is 1240. The molecule has 7 atom stereocenters. The van der Waals surface area contributed by atoms with Crippen LogP contribution in [0.3, 0.4) is 0 Å². The number of nitrogens with zero attached hydrogens (tertiary/aromatic N) is 1. The summed E-state index contributed by atoms with van der Waals surface area (Å²) in [7, 11) is 0. The first-order valence-corrected chi connectivity index (χ1v) is 16.0. The Hall–Kier alpha value is -3.63. The second kappa shape index (κ2) is 16.1. The molecule has 1 aliphatic carbocycles. The molecule has 2 N–H and O–H groups in total. The van der Waals surface area contributed by atoms with E-state index in [1.165, 1.54) is 4.90 Å². The highest BCUT2D eigenvalue weighted by Gasteiger charge is 2.54. The van der Waals surface area contributed by atoms with Gasteiger partial charge < -0.3 is 20.1 Å². The van der Waals surface area contributed by atoms with E-state index in [4.69, 9.17) is 4.74 Å². The minimum Gasteiger partial charge on any atom is -0.481 e. The lowest BCUT2D eigenvalue weighted by Crippen LogP contribution is -2.55. The molecule has 2 amide bonds. The van der Waals surface area contributed by atoms with Crippen LogP contribution in [-0.4, -0.2) is 76.2 Å². The van der Waals surface area contributed by atoms with Gasteiger partial charge in [0.2, 0.25) is 11.7 Å². The number of rotatable bonds is 16. The topological polar surface area (TPSA) is 147 Å². The van der Waals surface area contributed by atoms with E-state index in [0.717, 1.165) is 5.56 Å². The van der Waals surface area contributed by atoms with Gasteiger partial charge in [-0.05, 0) is 56.9 Å². The number of fused-ring (bicyclic) bond motifs is 1. The van der Waals surface area contributed by atoms with Crippen molar-refractivity contribution in [3.8, 4) is 0 Å². The first-order valence-electron chi connectivity index (χ1n) is 16.0. The molecule has 45 heavy (non-hydrogen) atoms. The third kappa shape index (κ3) is 9.20. The Kier molecular flexibility index (Phi) is 12.8. The zero-order valence-corrected chi connectivity index (χ0v) is 26.9. The Morgan fingerprint density at radius 3 is 2.22 bits per heavy atom. The van der Waals surface area contributed by atoms with Gasteiger partial charge in [-0.1, -0.05) is 57.5 Å². The Morgan fingerprint density at radius 1 is 0.978 bits per heavy atom. The van der Waals surface area contributed by atoms with Gasteiger partial charge in [0.15, 0.2) is 11.6 Å². The average molecular weight is 631 g/mol. The lowest BCUT2D eigenvalue weighted by molar-refractivity contribution is -0.146. The number of carboxylic acid groups (broad SMARTS) is 1. The Balaban J connectivity index is 1.80. The van der Waals surface area contributed by atoms with Gasteiger partial charge in [-0.25, -0.2) is 9.18 Å². The second-order valence-corrected chi connectivity index (χ2v) is 13.0. The minimum atomic E-state index is -1.19. The van der Waals surface area contributed by atoms with E-state index in [9.17, 15) is 38.3 Å². The van der Waals surface area contributed by atoms with Crippen LogP contribution in [0.1, 0.15) is 78.7 Å². The number of nitrogens with one attached hydrogen (secondary N) is 1. The number of alkyl halides is 1. The molecule has 1 aromatic carbocycles. The number of benzene rings is 1. The van der Waals surface area contributed by atoms with E-state index in [1.54, 1.807) is 58.0 Å². The monoisotopic (exact) mass is 630 g/mol. The summed E-state index contributed by atoms with van der Waals surface area (Å²) in [6.07, 6.45) is -1.74. The number of likely N-dealkylation sites (tertiary alicyclic amines) is 1. The number of carbonyl (C=O) groups excluding carboxylic acids is 5. The van der Waals surface area contributed by atoms with Crippen LogP contribution in [0.15, 0.2) is 30.3 Å². The van der Waals surface area contributed by atoms with Gasteiger partial charge in [0.25, 0.3) is 0 Å². The second-order valence-electron chi connectivity index (χ2n) is 13.0. The Morgan fingerprint density at radius 2 is 1.64 bits per heavy atom. The number of amides is 2. The molecule has 248 valence electrons. The lowest BCUT2D eigenvalue weighted by atomic mass is 9.83. The van der Waals surface area contributed by atoms with Crippen LogP contribution >= 0.6 is 0 Å². The van der Waals surface area contributed by atoms with Crippen molar-refractivity contribution in [1.29, 1.82) is 0 Å². The molecule has 2 aliphatic rings. The molecule has 0 spiro atoms. The van der Waals surface area contributed by atoms with Crippen LogP contribution in [0.2, 0.25) is 0 Å². The number of aliphatic carboxylic acids is 1. The number of hydrogen-bond acceptors (Lipinski definition) is 7. The smallest absolute Gasteiger partial charge is 0.408 e. The molecule has 11 heteroatoms. The molecule has 0 radical (unpaired) electrons. The van der Waals surface area contributed by atoms with Crippen molar-refractivity contribution >= 4 is 35.3 Å². The van der Waals surface area contributed by atoms with Crippen LogP contribution in [0.25, 0.3) is 0 Å². The van der Waals surface area contributed by atoms with Crippen molar-refractivity contribution in [2.45, 2.75) is 104 Å². The molecule has 2 fully saturated rings. The molecule has 1 saturated heterocycles. The van der Waals surface area contributed by atoms with Crippen molar-refractivity contribution in [3.05, 3.63) is 35.9 Å². The molecule has 1 heterocycles. The number of hydrogen-bond donors (Lipinski definition) is 2. The van der Waals surface area contributed by atoms with Gasteiger partial charge in [0, 0.05) is 31.2 Å². The maximum absolute atomic E-state index is 14.9. The van der Waals surface area contributed by atoms with Gasteiger partial charge in [-0.2, -0.15) is 0 Å². The summed E-state index contributed by atoms with van der Waals surface area (Å²) < 4.78 is 20.1. The molecule has 1 aliphatic heterocycles.